The summed E-state index contributed by atoms with van der Waals surface area (Å²) in [5.74, 6) is 0.894. The van der Waals surface area contributed by atoms with Crippen molar-refractivity contribution in [1.29, 1.82) is 0 Å². The van der Waals surface area contributed by atoms with E-state index in [-0.39, 0.29) is 5.91 Å². The van der Waals surface area contributed by atoms with Crippen LogP contribution in [0.25, 0.3) is 5.65 Å². The molecule has 6 heteroatoms. The first-order chi connectivity index (χ1) is 11.9. The number of benzene rings is 1. The minimum atomic E-state index is 0.00215. The number of nitrogens with zero attached hydrogens (tertiary/aromatic N) is 4. The Bertz CT molecular complexity index is 942. The Morgan fingerprint density at radius 3 is 2.68 bits per heavy atom. The van der Waals surface area contributed by atoms with Gasteiger partial charge in [-0.1, -0.05) is 12.1 Å². The molecule has 0 radical (unpaired) electrons. The Kier molecular flexibility index (Phi) is 4.44. The lowest BCUT2D eigenvalue weighted by molar-refractivity contribution is 0.0827. The van der Waals surface area contributed by atoms with Gasteiger partial charge in [0.2, 0.25) is 0 Å². The van der Waals surface area contributed by atoms with Crippen LogP contribution in [0.15, 0.2) is 30.3 Å². The highest BCUT2D eigenvalue weighted by Crippen LogP contribution is 2.19. The summed E-state index contributed by atoms with van der Waals surface area (Å²) in [7, 11) is 3.51. The predicted molar refractivity (Wildman–Crippen MR) is 99.0 cm³/mol. The van der Waals surface area contributed by atoms with Crippen molar-refractivity contribution in [3.63, 3.8) is 0 Å². The zero-order chi connectivity index (χ0) is 18.1. The van der Waals surface area contributed by atoms with Gasteiger partial charge in [0, 0.05) is 43.5 Å². The number of hydrogen-bond donors (Lipinski definition) is 1. The SMILES string of the molecule is Cc1cc(NCc2cccc(C(=O)N(C)C)c2)n2nc(C)c(C)c2n1. The van der Waals surface area contributed by atoms with Gasteiger partial charge >= 0.3 is 0 Å². The number of hydrogen-bond acceptors (Lipinski definition) is 4. The van der Waals surface area contributed by atoms with E-state index in [0.717, 1.165) is 34.0 Å². The van der Waals surface area contributed by atoms with Crippen molar-refractivity contribution in [3.05, 3.63) is 58.4 Å². The molecule has 0 aliphatic carbocycles. The van der Waals surface area contributed by atoms with Gasteiger partial charge in [0.15, 0.2) is 5.65 Å². The summed E-state index contributed by atoms with van der Waals surface area (Å²) in [6.45, 7) is 6.60. The first-order valence-electron chi connectivity index (χ1n) is 8.25. The second-order valence-electron chi connectivity index (χ2n) is 6.48. The van der Waals surface area contributed by atoms with Crippen molar-refractivity contribution in [2.75, 3.05) is 19.4 Å². The maximum atomic E-state index is 12.1. The van der Waals surface area contributed by atoms with Crippen molar-refractivity contribution in [2.24, 2.45) is 0 Å². The summed E-state index contributed by atoms with van der Waals surface area (Å²) in [6.07, 6.45) is 0. The van der Waals surface area contributed by atoms with E-state index in [1.54, 1.807) is 19.0 Å². The van der Waals surface area contributed by atoms with Gasteiger partial charge in [0.05, 0.1) is 5.69 Å². The molecule has 0 atom stereocenters. The molecule has 0 unspecified atom stereocenters. The highest BCUT2D eigenvalue weighted by molar-refractivity contribution is 5.94. The summed E-state index contributed by atoms with van der Waals surface area (Å²) in [6, 6.07) is 9.64. The van der Waals surface area contributed by atoms with Gasteiger partial charge in [-0.05, 0) is 38.5 Å². The molecule has 0 spiro atoms. The maximum absolute atomic E-state index is 12.1. The Balaban J connectivity index is 1.87. The molecule has 0 aliphatic rings. The molecule has 0 bridgehead atoms. The van der Waals surface area contributed by atoms with Crippen LogP contribution in [0.2, 0.25) is 0 Å². The maximum Gasteiger partial charge on any atom is 0.253 e. The summed E-state index contributed by atoms with van der Waals surface area (Å²) in [5.41, 5.74) is 5.60. The smallest absolute Gasteiger partial charge is 0.253 e. The van der Waals surface area contributed by atoms with E-state index in [1.807, 2.05) is 55.6 Å². The molecule has 25 heavy (non-hydrogen) atoms. The van der Waals surface area contributed by atoms with Crippen molar-refractivity contribution >= 4 is 17.4 Å². The lowest BCUT2D eigenvalue weighted by atomic mass is 10.1. The van der Waals surface area contributed by atoms with Gasteiger partial charge in [-0.15, -0.1) is 0 Å². The van der Waals surface area contributed by atoms with Gasteiger partial charge < -0.3 is 10.2 Å². The average molecular weight is 337 g/mol. The molecular formula is C19H23N5O. The molecule has 1 N–H and O–H groups in total. The zero-order valence-corrected chi connectivity index (χ0v) is 15.3. The molecule has 130 valence electrons. The second-order valence-corrected chi connectivity index (χ2v) is 6.48. The molecule has 3 aromatic rings. The first-order valence-corrected chi connectivity index (χ1v) is 8.25. The quantitative estimate of drug-likeness (QED) is 0.795. The molecule has 0 fully saturated rings. The number of aryl methyl sites for hydroxylation is 3. The van der Waals surface area contributed by atoms with Gasteiger partial charge in [-0.25, -0.2) is 4.98 Å². The number of nitrogens with one attached hydrogen (secondary N) is 1. The van der Waals surface area contributed by atoms with E-state index in [2.05, 4.69) is 15.4 Å². The van der Waals surface area contributed by atoms with Gasteiger partial charge in [0.25, 0.3) is 5.91 Å². The van der Waals surface area contributed by atoms with Gasteiger partial charge in [-0.3, -0.25) is 4.79 Å². The predicted octanol–water partition coefficient (Wildman–Crippen LogP) is 2.97. The van der Waals surface area contributed by atoms with Gasteiger partial charge in [0.1, 0.15) is 5.82 Å². The number of amides is 1. The van der Waals surface area contributed by atoms with E-state index in [4.69, 9.17) is 0 Å². The van der Waals surface area contributed by atoms with Crippen molar-refractivity contribution in [1.82, 2.24) is 19.5 Å². The Morgan fingerprint density at radius 2 is 1.96 bits per heavy atom. The largest absolute Gasteiger partial charge is 0.366 e. The molecule has 2 aromatic heterocycles. The Morgan fingerprint density at radius 1 is 1.20 bits per heavy atom. The summed E-state index contributed by atoms with van der Waals surface area (Å²) in [4.78, 5) is 18.3. The normalized spacial score (nSPS) is 10.9. The number of anilines is 1. The van der Waals surface area contributed by atoms with Crippen LogP contribution in [0.4, 0.5) is 5.82 Å². The number of fused-ring (bicyclic) bond motifs is 1. The lowest BCUT2D eigenvalue weighted by Gasteiger charge is -2.12. The highest BCUT2D eigenvalue weighted by Gasteiger charge is 2.12. The molecule has 1 amide bonds. The molecule has 2 heterocycles. The Labute approximate surface area is 147 Å². The van der Waals surface area contributed by atoms with Gasteiger partial charge in [-0.2, -0.15) is 9.61 Å². The Hall–Kier alpha value is -2.89. The highest BCUT2D eigenvalue weighted by atomic mass is 16.2. The molecule has 1 aromatic carbocycles. The standard InChI is InChI=1S/C19H23N5O/c1-12-9-17(24-18(21-12)13(2)14(3)22-24)20-11-15-7-6-8-16(10-15)19(25)23(4)5/h6-10,20H,11H2,1-5H3. The van der Waals surface area contributed by atoms with Crippen LogP contribution in [-0.2, 0) is 6.54 Å². The van der Waals surface area contributed by atoms with Crippen molar-refractivity contribution < 1.29 is 4.79 Å². The third kappa shape index (κ3) is 3.33. The van der Waals surface area contributed by atoms with E-state index >= 15 is 0 Å². The number of aromatic nitrogens is 3. The molecule has 6 nitrogen and oxygen atoms in total. The van der Waals surface area contributed by atoms with E-state index in [1.165, 1.54) is 0 Å². The summed E-state index contributed by atoms with van der Waals surface area (Å²) >= 11 is 0. The molecule has 3 rings (SSSR count). The molecule has 0 saturated carbocycles. The van der Waals surface area contributed by atoms with Crippen LogP contribution in [0.5, 0.6) is 0 Å². The average Bonchev–Trinajstić information content (AvgIpc) is 2.87. The van der Waals surface area contributed by atoms with Crippen molar-refractivity contribution in [2.45, 2.75) is 27.3 Å². The van der Waals surface area contributed by atoms with Crippen LogP contribution in [0, 0.1) is 20.8 Å². The zero-order valence-electron chi connectivity index (χ0n) is 15.3. The fourth-order valence-electron chi connectivity index (χ4n) is 2.74. The third-order valence-corrected chi connectivity index (χ3v) is 4.24. The minimum absolute atomic E-state index is 0.00215. The first kappa shape index (κ1) is 17.0. The lowest BCUT2D eigenvalue weighted by Crippen LogP contribution is -2.21. The van der Waals surface area contributed by atoms with Crippen LogP contribution >= 0.6 is 0 Å². The molecule has 0 saturated heterocycles. The number of carbonyl (C=O) groups is 1. The van der Waals surface area contributed by atoms with Crippen LogP contribution in [0.1, 0.15) is 32.9 Å². The monoisotopic (exact) mass is 337 g/mol. The second kappa shape index (κ2) is 6.55. The summed E-state index contributed by atoms with van der Waals surface area (Å²) < 4.78 is 1.84. The van der Waals surface area contributed by atoms with Crippen LogP contribution in [-0.4, -0.2) is 39.5 Å². The fraction of sp³-hybridized carbons (Fsp3) is 0.316. The van der Waals surface area contributed by atoms with Crippen LogP contribution in [0.3, 0.4) is 0 Å². The van der Waals surface area contributed by atoms with E-state index in [9.17, 15) is 4.79 Å². The fourth-order valence-corrected chi connectivity index (χ4v) is 2.74. The summed E-state index contributed by atoms with van der Waals surface area (Å²) in [5, 5.41) is 7.98. The topological polar surface area (TPSA) is 62.5 Å². The van der Waals surface area contributed by atoms with Crippen LogP contribution < -0.4 is 5.32 Å². The molecule has 0 aliphatic heterocycles. The van der Waals surface area contributed by atoms with E-state index < -0.39 is 0 Å². The number of rotatable bonds is 4. The molecular weight excluding hydrogens is 314 g/mol. The minimum Gasteiger partial charge on any atom is -0.366 e. The number of carbonyl (C=O) groups excluding carboxylic acids is 1. The third-order valence-electron chi connectivity index (χ3n) is 4.24. The van der Waals surface area contributed by atoms with E-state index in [0.29, 0.717) is 12.1 Å². The van der Waals surface area contributed by atoms with Crippen molar-refractivity contribution in [3.8, 4) is 0 Å².